The average Bonchev–Trinajstić information content (AvgIpc) is 3.27. The molecule has 1 aromatic heterocycles. The van der Waals surface area contributed by atoms with E-state index in [1.54, 1.807) is 18.5 Å². The van der Waals surface area contributed by atoms with Crippen LogP contribution in [0.1, 0.15) is 45.9 Å². The highest BCUT2D eigenvalue weighted by atomic mass is 35.5. The summed E-state index contributed by atoms with van der Waals surface area (Å²) in [5.41, 5.74) is -3.56. The Labute approximate surface area is 188 Å². The summed E-state index contributed by atoms with van der Waals surface area (Å²) in [5.74, 6) is -0.537. The quantitative estimate of drug-likeness (QED) is 0.596. The van der Waals surface area contributed by atoms with Crippen molar-refractivity contribution >= 4 is 18.2 Å². The second kappa shape index (κ2) is 8.03. The van der Waals surface area contributed by atoms with Crippen LogP contribution in [0.5, 0.6) is 0 Å². The van der Waals surface area contributed by atoms with Gasteiger partial charge in [-0.25, -0.2) is 0 Å². The summed E-state index contributed by atoms with van der Waals surface area (Å²) in [6, 6.07) is 9.78. The summed E-state index contributed by atoms with van der Waals surface area (Å²) >= 11 is 0. The van der Waals surface area contributed by atoms with Crippen molar-refractivity contribution in [2.45, 2.75) is 30.7 Å². The Morgan fingerprint density at radius 3 is 2.41 bits per heavy atom. The lowest BCUT2D eigenvalue weighted by atomic mass is 9.72. The normalized spacial score (nSPS) is 20.9. The maximum absolute atomic E-state index is 14.2. The average molecular weight is 464 g/mol. The number of hydrogen-bond donors (Lipinski definition) is 2. The molecule has 0 amide bonds. The lowest BCUT2D eigenvalue weighted by Gasteiger charge is -2.37. The minimum absolute atomic E-state index is 0. The molecule has 0 saturated carbocycles. The number of nitrogens with one attached hydrogen (secondary N) is 1. The molecule has 2 aliphatic rings. The lowest BCUT2D eigenvalue weighted by molar-refractivity contribution is -0.248. The molecule has 2 heterocycles. The van der Waals surface area contributed by atoms with Crippen LogP contribution in [0.3, 0.4) is 0 Å². The number of carbonyl (C=O) groups excluding carboxylic acids is 1. The Balaban J connectivity index is 0.00000245. The monoisotopic (exact) mass is 463 g/mol. The molecule has 1 atom stereocenters. The van der Waals surface area contributed by atoms with Gasteiger partial charge in [0.2, 0.25) is 5.60 Å². The van der Waals surface area contributed by atoms with Gasteiger partial charge in [-0.15, -0.1) is 12.4 Å². The molecule has 168 valence electrons. The molecule has 0 bridgehead atoms. The fourth-order valence-electron chi connectivity index (χ4n) is 4.67. The molecule has 1 aliphatic carbocycles. The van der Waals surface area contributed by atoms with Gasteiger partial charge in [-0.2, -0.15) is 18.3 Å². The van der Waals surface area contributed by atoms with E-state index in [9.17, 15) is 23.1 Å². The molecule has 2 N–H and O–H groups in total. The number of hydrogen-bond acceptors (Lipinski definition) is 4. The van der Waals surface area contributed by atoms with Gasteiger partial charge in [-0.05, 0) is 31.5 Å². The molecule has 0 radical (unpaired) electrons. The number of aromatic nitrogens is 2. The predicted octanol–water partition coefficient (Wildman–Crippen LogP) is 4.24. The molecular weight excluding hydrogens is 443 g/mol. The highest BCUT2D eigenvalue weighted by Gasteiger charge is 2.60. The molecule has 9 heteroatoms. The zero-order chi connectivity index (χ0) is 21.8. The topological polar surface area (TPSA) is 67.1 Å². The Hall–Kier alpha value is -2.68. The third-order valence-electron chi connectivity index (χ3n) is 6.25. The van der Waals surface area contributed by atoms with Gasteiger partial charge >= 0.3 is 6.18 Å². The minimum Gasteiger partial charge on any atom is -0.372 e. The van der Waals surface area contributed by atoms with E-state index in [-0.39, 0.29) is 29.6 Å². The number of alkyl halides is 3. The number of halogens is 4. The van der Waals surface area contributed by atoms with E-state index in [2.05, 4.69) is 10.4 Å². The largest absolute Gasteiger partial charge is 0.425 e. The van der Waals surface area contributed by atoms with E-state index >= 15 is 0 Å². The second-order valence-corrected chi connectivity index (χ2v) is 8.00. The van der Waals surface area contributed by atoms with Gasteiger partial charge in [0.15, 0.2) is 5.78 Å². The fourth-order valence-corrected chi connectivity index (χ4v) is 4.67. The smallest absolute Gasteiger partial charge is 0.372 e. The molecule has 1 aliphatic heterocycles. The number of benzene rings is 2. The standard InChI is InChI=1S/C23H20F3N3O2.ClH/c24-23(25,26)22(31)18-6-2-1-4-17(18)21(30)20-16(5-3-7-19(20)22)14-12-28-29(13-14)15-8-10-27-11-9-15;/h1-7,12-13,15,27,31H,8-11H2;1H. The van der Waals surface area contributed by atoms with Crippen molar-refractivity contribution in [1.82, 2.24) is 15.1 Å². The Bertz CT molecular complexity index is 1170. The van der Waals surface area contributed by atoms with Crippen LogP contribution in [-0.4, -0.2) is 39.9 Å². The number of carbonyl (C=O) groups is 1. The maximum Gasteiger partial charge on any atom is 0.425 e. The molecule has 32 heavy (non-hydrogen) atoms. The van der Waals surface area contributed by atoms with Crippen LogP contribution in [-0.2, 0) is 5.60 Å². The van der Waals surface area contributed by atoms with Crippen molar-refractivity contribution < 1.29 is 23.1 Å². The van der Waals surface area contributed by atoms with Crippen LogP contribution in [0, 0.1) is 0 Å². The first-order chi connectivity index (χ1) is 14.8. The molecule has 3 aromatic rings. The van der Waals surface area contributed by atoms with E-state index in [0.717, 1.165) is 32.0 Å². The molecule has 1 fully saturated rings. The zero-order valence-corrected chi connectivity index (χ0v) is 17.7. The van der Waals surface area contributed by atoms with Crippen molar-refractivity contribution in [1.29, 1.82) is 0 Å². The first-order valence-corrected chi connectivity index (χ1v) is 10.1. The van der Waals surface area contributed by atoms with E-state index in [4.69, 9.17) is 0 Å². The van der Waals surface area contributed by atoms with Crippen LogP contribution in [0.15, 0.2) is 54.9 Å². The number of fused-ring (bicyclic) bond motifs is 2. The molecular formula is C23H21ClF3N3O2. The third kappa shape index (κ3) is 3.25. The van der Waals surface area contributed by atoms with Gasteiger partial charge in [-0.1, -0.05) is 42.5 Å². The van der Waals surface area contributed by atoms with E-state index < -0.39 is 28.7 Å². The maximum atomic E-state index is 14.2. The molecule has 2 aromatic carbocycles. The number of ketones is 1. The lowest BCUT2D eigenvalue weighted by Crippen LogP contribution is -2.47. The summed E-state index contributed by atoms with van der Waals surface area (Å²) in [5, 5.41) is 18.7. The first-order valence-electron chi connectivity index (χ1n) is 10.1. The fraction of sp³-hybridized carbons (Fsp3) is 0.304. The number of aliphatic hydroxyl groups is 1. The Morgan fingerprint density at radius 2 is 1.69 bits per heavy atom. The van der Waals surface area contributed by atoms with Crippen LogP contribution in [0.25, 0.3) is 11.1 Å². The van der Waals surface area contributed by atoms with Gasteiger partial charge in [0, 0.05) is 34.0 Å². The molecule has 0 spiro atoms. The molecule has 1 saturated heterocycles. The van der Waals surface area contributed by atoms with Gasteiger partial charge in [0.25, 0.3) is 0 Å². The molecule has 5 nitrogen and oxygen atoms in total. The highest BCUT2D eigenvalue weighted by Crippen LogP contribution is 2.51. The van der Waals surface area contributed by atoms with Crippen LogP contribution in [0.2, 0.25) is 0 Å². The summed E-state index contributed by atoms with van der Waals surface area (Å²) < 4.78 is 44.4. The van der Waals surface area contributed by atoms with Crippen LogP contribution < -0.4 is 5.32 Å². The summed E-state index contributed by atoms with van der Waals surface area (Å²) in [6.07, 6.45) is 0.128. The van der Waals surface area contributed by atoms with Crippen molar-refractivity contribution in [3.63, 3.8) is 0 Å². The second-order valence-electron chi connectivity index (χ2n) is 8.00. The van der Waals surface area contributed by atoms with Gasteiger partial charge in [-0.3, -0.25) is 9.48 Å². The number of rotatable bonds is 2. The minimum atomic E-state index is -5.00. The summed E-state index contributed by atoms with van der Waals surface area (Å²) in [7, 11) is 0. The van der Waals surface area contributed by atoms with Gasteiger partial charge < -0.3 is 10.4 Å². The van der Waals surface area contributed by atoms with Crippen molar-refractivity contribution in [3.8, 4) is 11.1 Å². The first kappa shape index (κ1) is 22.5. The van der Waals surface area contributed by atoms with Crippen LogP contribution >= 0.6 is 12.4 Å². The highest BCUT2D eigenvalue weighted by molar-refractivity contribution is 6.16. The molecule has 5 rings (SSSR count). The van der Waals surface area contributed by atoms with E-state index in [1.165, 1.54) is 30.3 Å². The van der Waals surface area contributed by atoms with Crippen molar-refractivity contribution in [3.05, 3.63) is 77.1 Å². The molecule has 1 unspecified atom stereocenters. The Kier molecular flexibility index (Phi) is 5.65. The Morgan fingerprint density at radius 1 is 1.03 bits per heavy atom. The van der Waals surface area contributed by atoms with Gasteiger partial charge in [0.1, 0.15) is 0 Å². The van der Waals surface area contributed by atoms with Crippen molar-refractivity contribution in [2.24, 2.45) is 0 Å². The van der Waals surface area contributed by atoms with Crippen LogP contribution in [0.4, 0.5) is 13.2 Å². The number of nitrogens with zero attached hydrogens (tertiary/aromatic N) is 2. The van der Waals surface area contributed by atoms with Gasteiger partial charge in [0.05, 0.1) is 12.2 Å². The predicted molar refractivity (Wildman–Crippen MR) is 115 cm³/mol. The summed E-state index contributed by atoms with van der Waals surface area (Å²) in [6.45, 7) is 1.74. The summed E-state index contributed by atoms with van der Waals surface area (Å²) in [4.78, 5) is 13.3. The van der Waals surface area contributed by atoms with Crippen molar-refractivity contribution in [2.75, 3.05) is 13.1 Å². The SMILES string of the molecule is Cl.O=C1c2ccccc2C(O)(C(F)(F)F)c2cccc(-c3cnn(C4CCNCC4)c3)c21. The van der Waals surface area contributed by atoms with E-state index in [1.807, 2.05) is 4.68 Å². The third-order valence-corrected chi connectivity index (χ3v) is 6.25. The number of piperidine rings is 1. The zero-order valence-electron chi connectivity index (χ0n) is 16.9. The van der Waals surface area contributed by atoms with E-state index in [0.29, 0.717) is 11.1 Å².